The molecule has 0 bridgehead atoms. The van der Waals surface area contributed by atoms with Gasteiger partial charge in [0.2, 0.25) is 0 Å². The van der Waals surface area contributed by atoms with Gasteiger partial charge in [0.15, 0.2) is 0 Å². The first-order valence-corrected chi connectivity index (χ1v) is 4.02. The number of hydrogen-bond acceptors (Lipinski definition) is 3. The smallest absolute Gasteiger partial charge is 0.338 e. The Morgan fingerprint density at radius 1 is 1.38 bits per heavy atom. The maximum atomic E-state index is 11.3. The first-order valence-electron chi connectivity index (χ1n) is 4.02. The zero-order valence-electron chi connectivity index (χ0n) is 8.05. The molecule has 2 N–H and O–H groups in total. The summed E-state index contributed by atoms with van der Waals surface area (Å²) in [6, 6.07) is 3.60. The van der Waals surface area contributed by atoms with Crippen LogP contribution < -0.4 is 5.73 Å². The number of hydrogen-bond donors (Lipinski definition) is 1. The molecule has 1 rings (SSSR count). The first kappa shape index (κ1) is 9.58. The molecule has 70 valence electrons. The maximum Gasteiger partial charge on any atom is 0.338 e. The topological polar surface area (TPSA) is 52.3 Å². The molecule has 0 spiro atoms. The second-order valence-corrected chi connectivity index (χ2v) is 2.96. The van der Waals surface area contributed by atoms with Crippen LogP contribution in [0.15, 0.2) is 12.1 Å². The number of carbonyl (C=O) groups is 1. The van der Waals surface area contributed by atoms with Crippen molar-refractivity contribution < 1.29 is 9.53 Å². The Bertz CT molecular complexity index is 345. The van der Waals surface area contributed by atoms with E-state index < -0.39 is 0 Å². The van der Waals surface area contributed by atoms with Crippen LogP contribution in [0.4, 0.5) is 5.69 Å². The molecular weight excluding hydrogens is 166 g/mol. The van der Waals surface area contributed by atoms with E-state index >= 15 is 0 Å². The molecule has 0 radical (unpaired) electrons. The average Bonchev–Trinajstić information content (AvgIpc) is 2.12. The minimum absolute atomic E-state index is 0.331. The fourth-order valence-electron chi connectivity index (χ4n) is 1.28. The van der Waals surface area contributed by atoms with Gasteiger partial charge in [0.05, 0.1) is 12.7 Å². The summed E-state index contributed by atoms with van der Waals surface area (Å²) in [4.78, 5) is 11.3. The third kappa shape index (κ3) is 1.64. The molecular formula is C10H13NO2. The van der Waals surface area contributed by atoms with E-state index in [0.29, 0.717) is 11.3 Å². The van der Waals surface area contributed by atoms with E-state index in [0.717, 1.165) is 11.1 Å². The standard InChI is InChI=1S/C10H13NO2/c1-6-4-5-8(11)7(2)9(6)10(12)13-3/h4-5H,11H2,1-3H3. The highest BCUT2D eigenvalue weighted by molar-refractivity contribution is 5.94. The number of ether oxygens (including phenoxy) is 1. The summed E-state index contributed by atoms with van der Waals surface area (Å²) in [6.07, 6.45) is 0. The third-order valence-electron chi connectivity index (χ3n) is 2.10. The van der Waals surface area contributed by atoms with Gasteiger partial charge in [-0.1, -0.05) is 6.07 Å². The van der Waals surface area contributed by atoms with Crippen LogP contribution in [0.3, 0.4) is 0 Å². The van der Waals surface area contributed by atoms with E-state index in [-0.39, 0.29) is 5.97 Å². The van der Waals surface area contributed by atoms with Gasteiger partial charge in [-0.25, -0.2) is 4.79 Å². The number of carbonyl (C=O) groups excluding carboxylic acids is 1. The second-order valence-electron chi connectivity index (χ2n) is 2.96. The highest BCUT2D eigenvalue weighted by Gasteiger charge is 2.13. The Morgan fingerprint density at radius 3 is 2.54 bits per heavy atom. The number of anilines is 1. The van der Waals surface area contributed by atoms with Crippen molar-refractivity contribution in [2.45, 2.75) is 13.8 Å². The molecule has 0 aliphatic rings. The lowest BCUT2D eigenvalue weighted by atomic mass is 10.0. The Hall–Kier alpha value is -1.51. The van der Waals surface area contributed by atoms with Gasteiger partial charge in [0.1, 0.15) is 0 Å². The quantitative estimate of drug-likeness (QED) is 0.527. The number of nitrogen functional groups attached to an aromatic ring is 1. The molecule has 3 heteroatoms. The Labute approximate surface area is 77.5 Å². The van der Waals surface area contributed by atoms with E-state index in [1.165, 1.54) is 7.11 Å². The third-order valence-corrected chi connectivity index (χ3v) is 2.10. The largest absolute Gasteiger partial charge is 0.465 e. The lowest BCUT2D eigenvalue weighted by Crippen LogP contribution is -2.08. The highest BCUT2D eigenvalue weighted by atomic mass is 16.5. The lowest BCUT2D eigenvalue weighted by molar-refractivity contribution is 0.0599. The Balaban J connectivity index is 3.33. The molecule has 1 aromatic carbocycles. The summed E-state index contributed by atoms with van der Waals surface area (Å²) in [5.74, 6) is -0.331. The SMILES string of the molecule is COC(=O)c1c(C)ccc(N)c1C. The predicted octanol–water partition coefficient (Wildman–Crippen LogP) is 1.67. The van der Waals surface area contributed by atoms with Gasteiger partial charge in [-0.05, 0) is 31.0 Å². The number of rotatable bonds is 1. The number of benzene rings is 1. The van der Waals surface area contributed by atoms with Crippen LogP contribution >= 0.6 is 0 Å². The fraction of sp³-hybridized carbons (Fsp3) is 0.300. The van der Waals surface area contributed by atoms with Crippen LogP contribution in [0.2, 0.25) is 0 Å². The molecule has 0 fully saturated rings. The number of esters is 1. The molecule has 3 nitrogen and oxygen atoms in total. The monoisotopic (exact) mass is 179 g/mol. The minimum Gasteiger partial charge on any atom is -0.465 e. The summed E-state index contributed by atoms with van der Waals surface area (Å²) in [7, 11) is 1.37. The van der Waals surface area contributed by atoms with E-state index in [2.05, 4.69) is 4.74 Å². The Kier molecular flexibility index (Phi) is 2.56. The molecule has 0 unspecified atom stereocenters. The predicted molar refractivity (Wildman–Crippen MR) is 51.7 cm³/mol. The zero-order chi connectivity index (χ0) is 10.0. The molecule has 0 heterocycles. The summed E-state index contributed by atoms with van der Waals surface area (Å²) in [5, 5.41) is 0. The van der Waals surface area contributed by atoms with Crippen molar-refractivity contribution >= 4 is 11.7 Å². The van der Waals surface area contributed by atoms with Crippen LogP contribution in [-0.4, -0.2) is 13.1 Å². The second kappa shape index (κ2) is 3.47. The maximum absolute atomic E-state index is 11.3. The van der Waals surface area contributed by atoms with Gasteiger partial charge in [-0.15, -0.1) is 0 Å². The summed E-state index contributed by atoms with van der Waals surface area (Å²) in [6.45, 7) is 3.67. The van der Waals surface area contributed by atoms with E-state index in [4.69, 9.17) is 5.73 Å². The van der Waals surface area contributed by atoms with Gasteiger partial charge in [0.25, 0.3) is 0 Å². The van der Waals surface area contributed by atoms with Crippen molar-refractivity contribution in [3.05, 3.63) is 28.8 Å². The fourth-order valence-corrected chi connectivity index (χ4v) is 1.28. The average molecular weight is 179 g/mol. The molecule has 0 aliphatic carbocycles. The van der Waals surface area contributed by atoms with Crippen molar-refractivity contribution in [3.8, 4) is 0 Å². The summed E-state index contributed by atoms with van der Waals surface area (Å²) in [5.41, 5.74) is 8.53. The lowest BCUT2D eigenvalue weighted by Gasteiger charge is -2.09. The van der Waals surface area contributed by atoms with Crippen molar-refractivity contribution in [2.24, 2.45) is 0 Å². The van der Waals surface area contributed by atoms with Gasteiger partial charge < -0.3 is 10.5 Å². The van der Waals surface area contributed by atoms with Crippen molar-refractivity contribution in [1.29, 1.82) is 0 Å². The van der Waals surface area contributed by atoms with Crippen molar-refractivity contribution in [3.63, 3.8) is 0 Å². The van der Waals surface area contributed by atoms with Crippen LogP contribution in [-0.2, 0) is 4.74 Å². The van der Waals surface area contributed by atoms with Gasteiger partial charge in [0, 0.05) is 5.69 Å². The normalized spacial score (nSPS) is 9.77. The van der Waals surface area contributed by atoms with E-state index in [1.54, 1.807) is 6.07 Å². The van der Waals surface area contributed by atoms with Crippen LogP contribution in [0, 0.1) is 13.8 Å². The molecule has 13 heavy (non-hydrogen) atoms. The zero-order valence-corrected chi connectivity index (χ0v) is 8.05. The molecule has 0 atom stereocenters. The number of methoxy groups -OCH3 is 1. The molecule has 0 amide bonds. The van der Waals surface area contributed by atoms with E-state index in [1.807, 2.05) is 19.9 Å². The van der Waals surface area contributed by atoms with Gasteiger partial charge in [-0.2, -0.15) is 0 Å². The van der Waals surface area contributed by atoms with Gasteiger partial charge in [-0.3, -0.25) is 0 Å². The molecule has 0 aliphatic heterocycles. The van der Waals surface area contributed by atoms with Crippen LogP contribution in [0.25, 0.3) is 0 Å². The van der Waals surface area contributed by atoms with Crippen molar-refractivity contribution in [2.75, 3.05) is 12.8 Å². The Morgan fingerprint density at radius 2 is 2.00 bits per heavy atom. The molecule has 1 aromatic rings. The number of nitrogens with two attached hydrogens (primary N) is 1. The molecule has 0 saturated heterocycles. The highest BCUT2D eigenvalue weighted by Crippen LogP contribution is 2.20. The summed E-state index contributed by atoms with van der Waals surface area (Å²) >= 11 is 0. The summed E-state index contributed by atoms with van der Waals surface area (Å²) < 4.78 is 4.66. The van der Waals surface area contributed by atoms with E-state index in [9.17, 15) is 4.79 Å². The van der Waals surface area contributed by atoms with Crippen LogP contribution in [0.5, 0.6) is 0 Å². The minimum atomic E-state index is -0.331. The van der Waals surface area contributed by atoms with Crippen LogP contribution in [0.1, 0.15) is 21.5 Å². The van der Waals surface area contributed by atoms with Crippen molar-refractivity contribution in [1.82, 2.24) is 0 Å². The number of aryl methyl sites for hydroxylation is 1. The molecule has 0 aromatic heterocycles. The molecule has 0 saturated carbocycles. The van der Waals surface area contributed by atoms with Gasteiger partial charge >= 0.3 is 5.97 Å². The first-order chi connectivity index (χ1) is 6.07.